The Kier molecular flexibility index (Phi) is 3.84. The van der Waals surface area contributed by atoms with Gasteiger partial charge in [0.05, 0.1) is 12.2 Å². The lowest BCUT2D eigenvalue weighted by molar-refractivity contribution is -0.143. The van der Waals surface area contributed by atoms with E-state index >= 15 is 0 Å². The number of carboxylic acids is 1. The number of carboxylic acid groups (broad SMARTS) is 1. The fraction of sp³-hybridized carbons (Fsp3) is 0.615. The molecule has 1 aliphatic heterocycles. The molecule has 1 fully saturated rings. The Labute approximate surface area is 101 Å². The number of hydrogen-bond donors (Lipinski definition) is 1. The summed E-state index contributed by atoms with van der Waals surface area (Å²) in [6, 6.07) is 4.30. The summed E-state index contributed by atoms with van der Waals surface area (Å²) >= 11 is 0. The van der Waals surface area contributed by atoms with E-state index in [4.69, 9.17) is 9.52 Å². The lowest BCUT2D eigenvalue weighted by Gasteiger charge is -2.34. The zero-order valence-electron chi connectivity index (χ0n) is 10.1. The Balaban J connectivity index is 1.82. The molecule has 1 N–H and O–H groups in total. The summed E-state index contributed by atoms with van der Waals surface area (Å²) in [6.07, 6.45) is 4.11. The van der Waals surface area contributed by atoms with E-state index in [2.05, 4.69) is 11.8 Å². The third kappa shape index (κ3) is 3.09. The van der Waals surface area contributed by atoms with Crippen molar-refractivity contribution in [3.05, 3.63) is 24.2 Å². The van der Waals surface area contributed by atoms with Crippen molar-refractivity contribution < 1.29 is 14.3 Å². The van der Waals surface area contributed by atoms with Gasteiger partial charge in [-0.1, -0.05) is 0 Å². The molecule has 1 unspecified atom stereocenters. The lowest BCUT2D eigenvalue weighted by Crippen LogP contribution is -2.42. The molecule has 0 bridgehead atoms. The van der Waals surface area contributed by atoms with Crippen molar-refractivity contribution in [3.8, 4) is 0 Å². The normalized spacial score (nSPS) is 20.3. The summed E-state index contributed by atoms with van der Waals surface area (Å²) in [5.41, 5.74) is 0. The van der Waals surface area contributed by atoms with Crippen LogP contribution in [0.5, 0.6) is 0 Å². The SMILES string of the molecule is CC(Cc1ccco1)N1CCC(C(=O)O)CC1. The molecule has 0 aliphatic carbocycles. The van der Waals surface area contributed by atoms with Crippen molar-refractivity contribution in [1.82, 2.24) is 4.90 Å². The molecule has 1 atom stereocenters. The Morgan fingerprint density at radius 1 is 1.59 bits per heavy atom. The first kappa shape index (κ1) is 12.2. The van der Waals surface area contributed by atoms with Gasteiger partial charge >= 0.3 is 5.97 Å². The molecule has 0 aromatic carbocycles. The second-order valence-electron chi connectivity index (χ2n) is 4.78. The van der Waals surface area contributed by atoms with Crippen molar-refractivity contribution >= 4 is 5.97 Å². The van der Waals surface area contributed by atoms with Crippen LogP contribution in [0.3, 0.4) is 0 Å². The van der Waals surface area contributed by atoms with Gasteiger partial charge in [0, 0.05) is 12.5 Å². The summed E-state index contributed by atoms with van der Waals surface area (Å²) in [7, 11) is 0. The number of nitrogens with zero attached hydrogens (tertiary/aromatic N) is 1. The Morgan fingerprint density at radius 3 is 2.82 bits per heavy atom. The van der Waals surface area contributed by atoms with E-state index < -0.39 is 5.97 Å². The van der Waals surface area contributed by atoms with E-state index in [0.717, 1.165) is 38.1 Å². The molecule has 0 spiro atoms. The van der Waals surface area contributed by atoms with Crippen LogP contribution in [0.4, 0.5) is 0 Å². The fourth-order valence-corrected chi connectivity index (χ4v) is 2.44. The van der Waals surface area contributed by atoms with Crippen LogP contribution in [0.1, 0.15) is 25.5 Å². The predicted octanol–water partition coefficient (Wildman–Crippen LogP) is 2.01. The van der Waals surface area contributed by atoms with Gasteiger partial charge in [-0.05, 0) is 45.0 Å². The molecular formula is C13H19NO3. The summed E-state index contributed by atoms with van der Waals surface area (Å²) in [5.74, 6) is 0.197. The van der Waals surface area contributed by atoms with Crippen LogP contribution in [0, 0.1) is 5.92 Å². The van der Waals surface area contributed by atoms with Gasteiger partial charge in [0.15, 0.2) is 0 Å². The lowest BCUT2D eigenvalue weighted by atomic mass is 9.95. The molecule has 1 aromatic heterocycles. The van der Waals surface area contributed by atoms with Gasteiger partial charge in [-0.2, -0.15) is 0 Å². The number of aliphatic carboxylic acids is 1. The molecule has 1 saturated heterocycles. The molecule has 0 saturated carbocycles. The first-order chi connectivity index (χ1) is 8.16. The van der Waals surface area contributed by atoms with Crippen molar-refractivity contribution in [3.63, 3.8) is 0 Å². The molecule has 4 nitrogen and oxygen atoms in total. The van der Waals surface area contributed by atoms with Crippen LogP contribution in [0.15, 0.2) is 22.8 Å². The minimum absolute atomic E-state index is 0.151. The number of piperidine rings is 1. The molecule has 2 heterocycles. The second-order valence-corrected chi connectivity index (χ2v) is 4.78. The number of hydrogen-bond acceptors (Lipinski definition) is 3. The maximum atomic E-state index is 10.9. The van der Waals surface area contributed by atoms with Gasteiger partial charge in [0.1, 0.15) is 5.76 Å². The van der Waals surface area contributed by atoms with E-state index in [9.17, 15) is 4.79 Å². The van der Waals surface area contributed by atoms with E-state index in [1.54, 1.807) is 6.26 Å². The molecule has 0 amide bonds. The van der Waals surface area contributed by atoms with Gasteiger partial charge in [0.2, 0.25) is 0 Å². The summed E-state index contributed by atoms with van der Waals surface area (Å²) in [4.78, 5) is 13.2. The summed E-state index contributed by atoms with van der Waals surface area (Å²) in [5, 5.41) is 8.94. The van der Waals surface area contributed by atoms with E-state index in [1.807, 2.05) is 12.1 Å². The highest BCUT2D eigenvalue weighted by Crippen LogP contribution is 2.20. The Hall–Kier alpha value is -1.29. The fourth-order valence-electron chi connectivity index (χ4n) is 2.44. The van der Waals surface area contributed by atoms with E-state index in [-0.39, 0.29) is 5.92 Å². The number of furan rings is 1. The second kappa shape index (κ2) is 5.36. The van der Waals surface area contributed by atoms with Crippen LogP contribution >= 0.6 is 0 Å². The standard InChI is InChI=1S/C13H19NO3/c1-10(9-12-3-2-8-17-12)14-6-4-11(5-7-14)13(15)16/h2-3,8,10-11H,4-7,9H2,1H3,(H,15,16). The van der Waals surface area contributed by atoms with Crippen molar-refractivity contribution in [2.75, 3.05) is 13.1 Å². The molecular weight excluding hydrogens is 218 g/mol. The molecule has 0 radical (unpaired) electrons. The van der Waals surface area contributed by atoms with Gasteiger partial charge in [0.25, 0.3) is 0 Å². The third-order valence-electron chi connectivity index (χ3n) is 3.58. The largest absolute Gasteiger partial charge is 0.481 e. The maximum absolute atomic E-state index is 10.9. The van der Waals surface area contributed by atoms with Gasteiger partial charge in [-0.25, -0.2) is 0 Å². The van der Waals surface area contributed by atoms with E-state index in [1.165, 1.54) is 0 Å². The zero-order valence-corrected chi connectivity index (χ0v) is 10.1. The topological polar surface area (TPSA) is 53.7 Å². The average Bonchev–Trinajstić information content (AvgIpc) is 2.82. The van der Waals surface area contributed by atoms with Crippen molar-refractivity contribution in [2.24, 2.45) is 5.92 Å². The average molecular weight is 237 g/mol. The smallest absolute Gasteiger partial charge is 0.306 e. The maximum Gasteiger partial charge on any atom is 0.306 e. The highest BCUT2D eigenvalue weighted by Gasteiger charge is 2.26. The Bertz CT molecular complexity index is 353. The first-order valence-electron chi connectivity index (χ1n) is 6.16. The van der Waals surface area contributed by atoms with Crippen LogP contribution in [-0.4, -0.2) is 35.1 Å². The van der Waals surface area contributed by atoms with Crippen LogP contribution in [-0.2, 0) is 11.2 Å². The Morgan fingerprint density at radius 2 is 2.29 bits per heavy atom. The predicted molar refractivity (Wildman–Crippen MR) is 63.8 cm³/mol. The van der Waals surface area contributed by atoms with E-state index in [0.29, 0.717) is 6.04 Å². The molecule has 2 rings (SSSR count). The first-order valence-corrected chi connectivity index (χ1v) is 6.16. The monoisotopic (exact) mass is 237 g/mol. The number of likely N-dealkylation sites (tertiary alicyclic amines) is 1. The molecule has 1 aliphatic rings. The minimum Gasteiger partial charge on any atom is -0.481 e. The number of rotatable bonds is 4. The highest BCUT2D eigenvalue weighted by atomic mass is 16.4. The van der Waals surface area contributed by atoms with Gasteiger partial charge < -0.3 is 14.4 Å². The summed E-state index contributed by atoms with van der Waals surface area (Å²) < 4.78 is 5.33. The minimum atomic E-state index is -0.650. The van der Waals surface area contributed by atoms with Gasteiger partial charge in [-0.3, -0.25) is 4.79 Å². The van der Waals surface area contributed by atoms with Gasteiger partial charge in [-0.15, -0.1) is 0 Å². The molecule has 1 aromatic rings. The van der Waals surface area contributed by atoms with Crippen LogP contribution < -0.4 is 0 Å². The van der Waals surface area contributed by atoms with Crippen LogP contribution in [0.25, 0.3) is 0 Å². The zero-order chi connectivity index (χ0) is 12.3. The quantitative estimate of drug-likeness (QED) is 0.870. The van der Waals surface area contributed by atoms with Crippen molar-refractivity contribution in [2.45, 2.75) is 32.2 Å². The summed E-state index contributed by atoms with van der Waals surface area (Å²) in [6.45, 7) is 3.92. The molecule has 94 valence electrons. The highest BCUT2D eigenvalue weighted by molar-refractivity contribution is 5.70. The molecule has 17 heavy (non-hydrogen) atoms. The third-order valence-corrected chi connectivity index (χ3v) is 3.58. The van der Waals surface area contributed by atoms with Crippen molar-refractivity contribution in [1.29, 1.82) is 0 Å². The van der Waals surface area contributed by atoms with Crippen LogP contribution in [0.2, 0.25) is 0 Å². The molecule has 4 heteroatoms. The number of carbonyl (C=O) groups is 1.